The molecule has 2 unspecified atom stereocenters. The summed E-state index contributed by atoms with van der Waals surface area (Å²) in [5.74, 6) is -1.45. The molecule has 1 N–H and O–H groups in total. The number of halogens is 1. The quantitative estimate of drug-likeness (QED) is 0.0444. The van der Waals surface area contributed by atoms with E-state index < -0.39 is 33.6 Å². The van der Waals surface area contributed by atoms with Gasteiger partial charge in [0.15, 0.2) is 0 Å². The molecule has 40 heavy (non-hydrogen) atoms. The van der Waals surface area contributed by atoms with Crippen LogP contribution in [0, 0.1) is 10.8 Å². The van der Waals surface area contributed by atoms with Crippen molar-refractivity contribution in [2.45, 2.75) is 148 Å². The second-order valence-electron chi connectivity index (χ2n) is 12.1. The highest BCUT2D eigenvalue weighted by atomic mass is 79.9. The maximum atomic E-state index is 12.6. The highest BCUT2D eigenvalue weighted by molar-refractivity contribution is 9.10. The minimum atomic E-state index is -1.11. The summed E-state index contributed by atoms with van der Waals surface area (Å²) in [5, 5.41) is 8.93. The van der Waals surface area contributed by atoms with Gasteiger partial charge in [-0.2, -0.15) is 0 Å². The molecule has 0 saturated carbocycles. The summed E-state index contributed by atoms with van der Waals surface area (Å²) in [4.78, 5) is 37.0. The van der Waals surface area contributed by atoms with Crippen molar-refractivity contribution in [2.75, 3.05) is 26.9 Å². The van der Waals surface area contributed by atoms with E-state index in [-0.39, 0.29) is 26.1 Å². The molecule has 0 amide bonds. The predicted octanol–water partition coefficient (Wildman–Crippen LogP) is 8.08. The number of carbonyl (C=O) groups excluding carboxylic acids is 3. The summed E-state index contributed by atoms with van der Waals surface area (Å²) in [6.07, 6.45) is 20.8. The third kappa shape index (κ3) is 18.3. The molecule has 0 aliphatic carbocycles. The first-order valence-corrected chi connectivity index (χ1v) is 16.6. The van der Waals surface area contributed by atoms with Gasteiger partial charge in [-0.25, -0.2) is 0 Å². The van der Waals surface area contributed by atoms with E-state index >= 15 is 0 Å². The lowest BCUT2D eigenvalue weighted by Crippen LogP contribution is -2.41. The maximum absolute atomic E-state index is 12.6. The van der Waals surface area contributed by atoms with E-state index in [9.17, 15) is 14.4 Å². The van der Waals surface area contributed by atoms with E-state index in [0.717, 1.165) is 19.3 Å². The van der Waals surface area contributed by atoms with Crippen molar-refractivity contribution in [2.24, 2.45) is 10.8 Å². The first-order valence-electron chi connectivity index (χ1n) is 15.7. The summed E-state index contributed by atoms with van der Waals surface area (Å²) >= 11 is 3.38. The Morgan fingerprint density at radius 3 is 1.57 bits per heavy atom. The molecule has 236 valence electrons. The molecule has 7 nitrogen and oxygen atoms in total. The number of alkyl halides is 1. The smallest absolute Gasteiger partial charge is 0.319 e. The molecule has 0 aliphatic rings. The molecule has 0 spiro atoms. The van der Waals surface area contributed by atoms with Crippen LogP contribution in [0.5, 0.6) is 0 Å². The highest BCUT2D eigenvalue weighted by Crippen LogP contribution is 2.40. The van der Waals surface area contributed by atoms with Crippen molar-refractivity contribution < 1.29 is 33.7 Å². The topological polar surface area (TPSA) is 99.1 Å². The summed E-state index contributed by atoms with van der Waals surface area (Å²) < 4.78 is 15.5. The minimum absolute atomic E-state index is 0.107. The summed E-state index contributed by atoms with van der Waals surface area (Å²) in [6, 6.07) is 0. The summed E-state index contributed by atoms with van der Waals surface area (Å²) in [7, 11) is 1.29. The second kappa shape index (κ2) is 23.4. The number of hydrogen-bond acceptors (Lipinski definition) is 7. The lowest BCUT2D eigenvalue weighted by molar-refractivity contribution is -0.162. The van der Waals surface area contributed by atoms with Crippen LogP contribution >= 0.6 is 15.9 Å². The normalized spacial score (nSPS) is 13.9. The largest absolute Gasteiger partial charge is 0.469 e. The van der Waals surface area contributed by atoms with Crippen LogP contribution < -0.4 is 0 Å². The first-order chi connectivity index (χ1) is 19.0. The number of esters is 3. The zero-order valence-corrected chi connectivity index (χ0v) is 27.8. The fourth-order valence-corrected chi connectivity index (χ4v) is 6.09. The van der Waals surface area contributed by atoms with Crippen LogP contribution in [0.3, 0.4) is 0 Å². The SMILES string of the molecule is CCCCCCCCCCCCCCCCCCOC(=O)C(Br)CC(C)(CC(C)(C)C(=O)OCCO)C(=O)OC. The van der Waals surface area contributed by atoms with Crippen molar-refractivity contribution in [1.82, 2.24) is 0 Å². The Bertz CT molecular complexity index is 682. The van der Waals surface area contributed by atoms with Gasteiger partial charge in [-0.1, -0.05) is 119 Å². The van der Waals surface area contributed by atoms with Crippen molar-refractivity contribution in [3.63, 3.8) is 0 Å². The number of ether oxygens (including phenoxy) is 3. The number of carbonyl (C=O) groups is 3. The third-order valence-electron chi connectivity index (χ3n) is 7.52. The average molecular weight is 636 g/mol. The van der Waals surface area contributed by atoms with Crippen LogP contribution in [-0.4, -0.2) is 54.8 Å². The van der Waals surface area contributed by atoms with Crippen LogP contribution in [0.15, 0.2) is 0 Å². The standard InChI is InChI=1S/C32H59BrO7/c1-6-7-8-9-10-11-12-13-14-15-16-17-18-19-20-21-23-39-28(35)27(33)25-32(4,30(37)38-5)26-31(2,3)29(36)40-24-22-34/h27,34H,6-26H2,1-5H3. The summed E-state index contributed by atoms with van der Waals surface area (Å²) in [5.41, 5.74) is -2.12. The maximum Gasteiger partial charge on any atom is 0.319 e. The zero-order chi connectivity index (χ0) is 30.3. The van der Waals surface area contributed by atoms with Crippen LogP contribution in [0.2, 0.25) is 0 Å². The van der Waals surface area contributed by atoms with Gasteiger partial charge in [0.25, 0.3) is 0 Å². The lowest BCUT2D eigenvalue weighted by Gasteiger charge is -2.34. The summed E-state index contributed by atoms with van der Waals surface area (Å²) in [6.45, 7) is 7.26. The van der Waals surface area contributed by atoms with Crippen LogP contribution in [0.4, 0.5) is 0 Å². The van der Waals surface area contributed by atoms with Gasteiger partial charge in [-0.3, -0.25) is 14.4 Å². The number of aliphatic hydroxyl groups is 1. The van der Waals surface area contributed by atoms with Gasteiger partial charge in [-0.15, -0.1) is 0 Å². The molecule has 0 fully saturated rings. The lowest BCUT2D eigenvalue weighted by atomic mass is 9.71. The molecule has 0 aliphatic heterocycles. The third-order valence-corrected chi connectivity index (χ3v) is 8.21. The Morgan fingerprint density at radius 2 is 1.15 bits per heavy atom. The number of rotatable bonds is 26. The van der Waals surface area contributed by atoms with E-state index in [2.05, 4.69) is 22.9 Å². The van der Waals surface area contributed by atoms with E-state index in [0.29, 0.717) is 6.61 Å². The van der Waals surface area contributed by atoms with E-state index in [1.54, 1.807) is 20.8 Å². The highest BCUT2D eigenvalue weighted by Gasteiger charge is 2.45. The zero-order valence-electron chi connectivity index (χ0n) is 26.2. The van der Waals surface area contributed by atoms with Gasteiger partial charge < -0.3 is 19.3 Å². The molecule has 0 aromatic heterocycles. The molecule has 2 atom stereocenters. The Hall–Kier alpha value is -1.15. The predicted molar refractivity (Wildman–Crippen MR) is 164 cm³/mol. The molecule has 0 heterocycles. The fourth-order valence-electron chi connectivity index (χ4n) is 5.25. The van der Waals surface area contributed by atoms with Gasteiger partial charge in [-0.05, 0) is 40.0 Å². The van der Waals surface area contributed by atoms with Crippen LogP contribution in [0.25, 0.3) is 0 Å². The van der Waals surface area contributed by atoms with Crippen molar-refractivity contribution in [1.29, 1.82) is 0 Å². The molecule has 0 saturated heterocycles. The number of unbranched alkanes of at least 4 members (excludes halogenated alkanes) is 15. The van der Waals surface area contributed by atoms with Crippen molar-refractivity contribution in [3.8, 4) is 0 Å². The van der Waals surface area contributed by atoms with Gasteiger partial charge in [0.1, 0.15) is 11.4 Å². The molecule has 8 heteroatoms. The van der Waals surface area contributed by atoms with Gasteiger partial charge >= 0.3 is 17.9 Å². The first kappa shape index (κ1) is 38.9. The van der Waals surface area contributed by atoms with Gasteiger partial charge in [0.05, 0.1) is 31.2 Å². The van der Waals surface area contributed by atoms with E-state index in [1.807, 2.05) is 0 Å². The van der Waals surface area contributed by atoms with Gasteiger partial charge in [0.2, 0.25) is 0 Å². The molecule has 0 aromatic rings. The Morgan fingerprint density at radius 1 is 0.700 bits per heavy atom. The van der Waals surface area contributed by atoms with E-state index in [4.69, 9.17) is 19.3 Å². The molecular weight excluding hydrogens is 576 g/mol. The van der Waals surface area contributed by atoms with Crippen molar-refractivity contribution in [3.05, 3.63) is 0 Å². The van der Waals surface area contributed by atoms with Crippen LogP contribution in [-0.2, 0) is 28.6 Å². The molecular formula is C32H59BrO7. The Labute approximate surface area is 253 Å². The Kier molecular flexibility index (Phi) is 22.7. The number of aliphatic hydroxyl groups excluding tert-OH is 1. The van der Waals surface area contributed by atoms with E-state index in [1.165, 1.54) is 90.6 Å². The van der Waals surface area contributed by atoms with Crippen molar-refractivity contribution >= 4 is 33.8 Å². The minimum Gasteiger partial charge on any atom is -0.469 e. The molecule has 0 bridgehead atoms. The van der Waals surface area contributed by atoms with Gasteiger partial charge in [0, 0.05) is 0 Å². The second-order valence-corrected chi connectivity index (χ2v) is 13.2. The number of hydrogen-bond donors (Lipinski definition) is 1. The monoisotopic (exact) mass is 634 g/mol. The fraction of sp³-hybridized carbons (Fsp3) is 0.906. The molecule has 0 radical (unpaired) electrons. The van der Waals surface area contributed by atoms with Crippen LogP contribution in [0.1, 0.15) is 143 Å². The molecule has 0 rings (SSSR count). The Balaban J connectivity index is 4.12. The molecule has 0 aromatic carbocycles. The average Bonchev–Trinajstić information content (AvgIpc) is 2.92. The number of methoxy groups -OCH3 is 1.